The van der Waals surface area contributed by atoms with Gasteiger partial charge in [-0.3, -0.25) is 4.57 Å². The molecule has 0 saturated carbocycles. The number of nitrogens with zero attached hydrogens (tertiary/aromatic N) is 1. The van der Waals surface area contributed by atoms with E-state index in [1.807, 2.05) is 24.3 Å². The Labute approximate surface area is 108 Å². The zero-order valence-electron chi connectivity index (χ0n) is 11.1. The van der Waals surface area contributed by atoms with Gasteiger partial charge in [-0.15, -0.1) is 0 Å². The molecule has 0 atom stereocenters. The van der Waals surface area contributed by atoms with Crippen LogP contribution in [0.1, 0.15) is 0 Å². The molecule has 2 aromatic rings. The minimum Gasteiger partial charge on any atom is -0.360 e. The molecule has 0 fully saturated rings. The number of aromatic nitrogens is 2. The van der Waals surface area contributed by atoms with E-state index in [0.29, 0.717) is 13.3 Å². The average molecular weight is 268 g/mol. The molecule has 0 unspecified atom stereocenters. The Morgan fingerprint density at radius 1 is 1.28 bits per heavy atom. The fourth-order valence-electron chi connectivity index (χ4n) is 1.70. The summed E-state index contributed by atoms with van der Waals surface area (Å²) in [4.78, 5) is 14.6. The lowest BCUT2D eigenvalue weighted by Gasteiger charge is -2.24. The van der Waals surface area contributed by atoms with E-state index in [0.717, 1.165) is 16.8 Å². The quantitative estimate of drug-likeness (QED) is 0.843. The fraction of sp³-hybridized carbons (Fsp3) is 0.462. The number of benzene rings is 1. The van der Waals surface area contributed by atoms with E-state index in [4.69, 9.17) is 4.74 Å². The Hall–Kier alpha value is -1.20. The van der Waals surface area contributed by atoms with Crippen molar-refractivity contribution in [3.8, 4) is 0 Å². The molecule has 18 heavy (non-hydrogen) atoms. The monoisotopic (exact) mass is 268 g/mol. The molecule has 5 heteroatoms. The lowest BCUT2D eigenvalue weighted by molar-refractivity contribution is 0.0902. The highest BCUT2D eigenvalue weighted by atomic mass is 32.3. The number of hydrogen-bond donors (Lipinski definition) is 1. The van der Waals surface area contributed by atoms with Crippen LogP contribution < -0.4 is 5.69 Å². The number of fused-ring (bicyclic) bond motifs is 1. The lowest BCUT2D eigenvalue weighted by atomic mass is 10.3. The fourth-order valence-corrected chi connectivity index (χ4v) is 2.32. The van der Waals surface area contributed by atoms with Crippen LogP contribution in [0.5, 0.6) is 0 Å². The molecule has 100 valence electrons. The number of para-hydroxylation sites is 2. The maximum absolute atomic E-state index is 11.8. The molecule has 1 heterocycles. The van der Waals surface area contributed by atoms with E-state index >= 15 is 0 Å². The topological polar surface area (TPSA) is 47.0 Å². The molecule has 0 saturated heterocycles. The van der Waals surface area contributed by atoms with E-state index in [1.165, 1.54) is 0 Å². The summed E-state index contributed by atoms with van der Waals surface area (Å²) in [5.74, 6) is 1.06. The van der Waals surface area contributed by atoms with Crippen molar-refractivity contribution in [2.24, 2.45) is 0 Å². The van der Waals surface area contributed by atoms with Crippen LogP contribution >= 0.6 is 10.0 Å². The Morgan fingerprint density at radius 2 is 2.00 bits per heavy atom. The third-order valence-corrected chi connectivity index (χ3v) is 4.13. The van der Waals surface area contributed by atoms with Crippen molar-refractivity contribution in [3.05, 3.63) is 34.7 Å². The molecule has 1 aromatic carbocycles. The van der Waals surface area contributed by atoms with Crippen LogP contribution in [-0.2, 0) is 11.5 Å². The van der Waals surface area contributed by atoms with Crippen LogP contribution in [-0.4, -0.2) is 40.7 Å². The molecule has 0 aliphatic carbocycles. The molecule has 1 N–H and O–H groups in total. The van der Waals surface area contributed by atoms with E-state index in [2.05, 4.69) is 23.8 Å². The smallest absolute Gasteiger partial charge is 0.328 e. The summed E-state index contributed by atoms with van der Waals surface area (Å²) >= 11 is 0. The number of H-pyrrole nitrogens is 1. The number of hydrogen-bond acceptors (Lipinski definition) is 2. The van der Waals surface area contributed by atoms with Gasteiger partial charge in [-0.1, -0.05) is 12.1 Å². The molecule has 0 aliphatic heterocycles. The van der Waals surface area contributed by atoms with Gasteiger partial charge in [-0.25, -0.2) is 14.8 Å². The van der Waals surface area contributed by atoms with Gasteiger partial charge in [0, 0.05) is 5.75 Å². The van der Waals surface area contributed by atoms with E-state index in [1.54, 1.807) is 4.57 Å². The summed E-state index contributed by atoms with van der Waals surface area (Å²) in [6, 6.07) is 7.65. The van der Waals surface area contributed by atoms with Crippen molar-refractivity contribution in [2.75, 3.05) is 31.1 Å². The van der Waals surface area contributed by atoms with Gasteiger partial charge >= 0.3 is 5.69 Å². The zero-order chi connectivity index (χ0) is 13.2. The van der Waals surface area contributed by atoms with Gasteiger partial charge in [0.1, 0.15) is 6.73 Å². The van der Waals surface area contributed by atoms with Crippen molar-refractivity contribution in [3.63, 3.8) is 0 Å². The largest absolute Gasteiger partial charge is 0.360 e. The van der Waals surface area contributed by atoms with Crippen LogP contribution in [0.25, 0.3) is 11.0 Å². The summed E-state index contributed by atoms with van der Waals surface area (Å²) in [5, 5.41) is 0. The van der Waals surface area contributed by atoms with Crippen molar-refractivity contribution >= 4 is 21.1 Å². The predicted octanol–water partition coefficient (Wildman–Crippen LogP) is 2.00. The Kier molecular flexibility index (Phi) is 3.82. The maximum atomic E-state index is 11.8. The third-order valence-electron chi connectivity index (χ3n) is 2.74. The summed E-state index contributed by atoms with van der Waals surface area (Å²) in [5.41, 5.74) is 1.64. The van der Waals surface area contributed by atoms with Gasteiger partial charge in [0.05, 0.1) is 17.6 Å². The highest BCUT2D eigenvalue weighted by Gasteiger charge is 2.07. The minimum atomic E-state index is -0.538. The van der Waals surface area contributed by atoms with Gasteiger partial charge in [0.15, 0.2) is 0 Å². The minimum absolute atomic E-state index is 0.112. The van der Waals surface area contributed by atoms with Gasteiger partial charge in [-0.05, 0) is 30.9 Å². The molecular weight excluding hydrogens is 248 g/mol. The first-order valence-electron chi connectivity index (χ1n) is 5.89. The second kappa shape index (κ2) is 5.20. The number of imidazole rings is 1. The second-order valence-electron chi connectivity index (χ2n) is 5.21. The number of ether oxygens (including phenoxy) is 1. The Bertz CT molecular complexity index is 580. The maximum Gasteiger partial charge on any atom is 0.328 e. The van der Waals surface area contributed by atoms with Crippen LogP contribution in [0.2, 0.25) is 0 Å². The standard InChI is InChI=1S/C13H20N2O2S/c1-18(2,3)9-8-17-10-15-12-7-5-4-6-11(12)14-13(15)16/h4-7H,8-10H2,1-3H3,(H,14,16). The van der Waals surface area contributed by atoms with Crippen molar-refractivity contribution < 1.29 is 4.74 Å². The first kappa shape index (κ1) is 13.2. The molecule has 4 nitrogen and oxygen atoms in total. The van der Waals surface area contributed by atoms with Crippen LogP contribution in [0.4, 0.5) is 0 Å². The zero-order valence-corrected chi connectivity index (χ0v) is 11.9. The molecule has 0 aliphatic rings. The third kappa shape index (κ3) is 3.17. The average Bonchev–Trinajstić information content (AvgIpc) is 2.59. The van der Waals surface area contributed by atoms with Gasteiger partial charge < -0.3 is 9.72 Å². The molecule has 0 bridgehead atoms. The second-order valence-corrected chi connectivity index (χ2v) is 9.80. The number of aromatic amines is 1. The number of rotatable bonds is 5. The van der Waals surface area contributed by atoms with Crippen molar-refractivity contribution in [2.45, 2.75) is 6.73 Å². The van der Waals surface area contributed by atoms with Gasteiger partial charge in [0.2, 0.25) is 0 Å². The summed E-state index contributed by atoms with van der Waals surface area (Å²) in [6.45, 7) is 1.02. The first-order valence-corrected chi connectivity index (χ1v) is 8.91. The summed E-state index contributed by atoms with van der Waals surface area (Å²) in [6.07, 6.45) is 6.77. The molecule has 0 spiro atoms. The first-order chi connectivity index (χ1) is 8.47. The summed E-state index contributed by atoms with van der Waals surface area (Å²) in [7, 11) is -0.538. The summed E-state index contributed by atoms with van der Waals surface area (Å²) < 4.78 is 7.24. The predicted molar refractivity (Wildman–Crippen MR) is 78.7 cm³/mol. The van der Waals surface area contributed by atoms with Crippen molar-refractivity contribution in [1.82, 2.24) is 9.55 Å². The van der Waals surface area contributed by atoms with Crippen LogP contribution in [0.15, 0.2) is 29.1 Å². The molecular formula is C13H20N2O2S. The highest BCUT2D eigenvalue weighted by Crippen LogP contribution is 2.33. The van der Waals surface area contributed by atoms with Gasteiger partial charge in [-0.2, -0.15) is 0 Å². The lowest BCUT2D eigenvalue weighted by Crippen LogP contribution is -2.19. The molecule has 2 rings (SSSR count). The van der Waals surface area contributed by atoms with Gasteiger partial charge in [0.25, 0.3) is 0 Å². The SMILES string of the molecule is CS(C)(C)CCOCn1c(=O)[nH]c2ccccc21. The number of nitrogens with one attached hydrogen (secondary N) is 1. The van der Waals surface area contributed by atoms with E-state index in [9.17, 15) is 4.79 Å². The Balaban J connectivity index is 2.04. The molecule has 0 radical (unpaired) electrons. The molecule has 1 aromatic heterocycles. The van der Waals surface area contributed by atoms with E-state index < -0.39 is 10.0 Å². The Morgan fingerprint density at radius 3 is 2.72 bits per heavy atom. The molecule has 0 amide bonds. The van der Waals surface area contributed by atoms with E-state index in [-0.39, 0.29) is 5.69 Å². The normalized spacial score (nSPS) is 13.1. The van der Waals surface area contributed by atoms with Crippen LogP contribution in [0, 0.1) is 0 Å². The van der Waals surface area contributed by atoms with Crippen molar-refractivity contribution in [1.29, 1.82) is 0 Å². The van der Waals surface area contributed by atoms with Crippen LogP contribution in [0.3, 0.4) is 0 Å². The highest BCUT2D eigenvalue weighted by molar-refractivity contribution is 8.32.